The predicted octanol–water partition coefficient (Wildman–Crippen LogP) is 23.6. The summed E-state index contributed by atoms with van der Waals surface area (Å²) in [7, 11) is 0. The van der Waals surface area contributed by atoms with Gasteiger partial charge in [-0.25, -0.2) is 0 Å². The Hall–Kier alpha value is -13.8. The summed E-state index contributed by atoms with van der Waals surface area (Å²) in [6, 6.07) is 146. The molecule has 4 heteroatoms. The highest BCUT2D eigenvalue weighted by atomic mass is 15.2. The first kappa shape index (κ1) is 58.5. The van der Waals surface area contributed by atoms with E-state index in [1.807, 2.05) is 0 Å². The molecular formula is C105H62BN3. The van der Waals surface area contributed by atoms with E-state index in [0.717, 1.165) is 45.2 Å². The van der Waals surface area contributed by atoms with Crippen LogP contribution in [0.5, 0.6) is 0 Å². The van der Waals surface area contributed by atoms with Crippen LogP contribution in [0.1, 0.15) is 66.8 Å². The highest BCUT2D eigenvalue weighted by molar-refractivity contribution is 7.00. The number of hydrogen-bond donors (Lipinski definition) is 0. The lowest BCUT2D eigenvalue weighted by atomic mass is 9.33. The number of rotatable bonds is 4. The third kappa shape index (κ3) is 6.96. The monoisotopic (exact) mass is 1380 g/mol. The van der Waals surface area contributed by atoms with Crippen LogP contribution < -0.4 is 26.2 Å². The van der Waals surface area contributed by atoms with Gasteiger partial charge in [0.25, 0.3) is 6.71 Å². The van der Waals surface area contributed by atoms with Gasteiger partial charge in [0, 0.05) is 50.5 Å². The quantitative estimate of drug-likeness (QED) is 0.163. The highest BCUT2D eigenvalue weighted by Gasteiger charge is 2.58. The van der Waals surface area contributed by atoms with Crippen molar-refractivity contribution in [1.29, 1.82) is 0 Å². The standard InChI is InChI=1S/C105H62BN3/c1-2-26-63(27-3-1)64-50-57-97-94(58-64)106-93-56-55-90-100(80-38-12-23-47-89(80)103(90)81-39-15-4-28-68(81)69-29-5-16-40-82(69)103)102(93)109(66-52-54-77-75-35-11-22-46-88(75)105(92(77)60-66)85-43-19-8-32-72(85)73-33-9-20-44-86(73)105)99-62-67(108-95-48-24-13-36-78(95)79-37-14-25-49-96(79)108)61-98(101(99)106)107(97)65-51-53-76-74-34-10-21-45-87(74)104(91(76)59-65)83-41-17-6-30-70(83)71-31-7-18-42-84(71)104/h1-62H. The van der Waals surface area contributed by atoms with Crippen LogP contribution >= 0.6 is 0 Å². The van der Waals surface area contributed by atoms with Crippen molar-refractivity contribution < 1.29 is 0 Å². The Kier molecular flexibility index (Phi) is 11.2. The Morgan fingerprint density at radius 1 is 0.211 bits per heavy atom. The van der Waals surface area contributed by atoms with Gasteiger partial charge in [0.2, 0.25) is 0 Å². The summed E-state index contributed by atoms with van der Waals surface area (Å²) in [5.41, 5.74) is 45.8. The summed E-state index contributed by atoms with van der Waals surface area (Å²) >= 11 is 0. The van der Waals surface area contributed by atoms with E-state index >= 15 is 0 Å². The van der Waals surface area contributed by atoms with E-state index in [1.54, 1.807) is 0 Å². The number of nitrogens with zero attached hydrogens (tertiary/aromatic N) is 3. The summed E-state index contributed by atoms with van der Waals surface area (Å²) < 4.78 is 2.57. The zero-order valence-corrected chi connectivity index (χ0v) is 59.2. The fourth-order valence-corrected chi connectivity index (χ4v) is 22.8. The second-order valence-corrected chi connectivity index (χ2v) is 31.1. The van der Waals surface area contributed by atoms with Crippen LogP contribution in [0.15, 0.2) is 376 Å². The summed E-state index contributed by atoms with van der Waals surface area (Å²) in [6.45, 7) is -0.257. The molecule has 109 heavy (non-hydrogen) atoms. The summed E-state index contributed by atoms with van der Waals surface area (Å²) in [4.78, 5) is 5.48. The van der Waals surface area contributed by atoms with Gasteiger partial charge < -0.3 is 14.4 Å². The lowest BCUT2D eigenvalue weighted by Crippen LogP contribution is -2.61. The van der Waals surface area contributed by atoms with Crippen LogP contribution in [-0.4, -0.2) is 11.3 Å². The van der Waals surface area contributed by atoms with Crippen molar-refractivity contribution >= 4 is 79.0 Å². The van der Waals surface area contributed by atoms with E-state index in [9.17, 15) is 0 Å². The molecule has 0 radical (unpaired) electrons. The molecule has 3 nitrogen and oxygen atoms in total. The molecule has 8 aliphatic rings. The molecule has 0 N–H and O–H groups in total. The fourth-order valence-electron chi connectivity index (χ4n) is 22.8. The number of benzene rings is 17. The summed E-state index contributed by atoms with van der Waals surface area (Å²) in [5.74, 6) is 0. The maximum atomic E-state index is 2.79. The van der Waals surface area contributed by atoms with E-state index in [-0.39, 0.29) is 6.71 Å². The van der Waals surface area contributed by atoms with E-state index in [0.29, 0.717) is 0 Å². The molecule has 500 valence electrons. The zero-order valence-electron chi connectivity index (χ0n) is 59.2. The van der Waals surface area contributed by atoms with Crippen LogP contribution in [-0.2, 0) is 16.2 Å². The third-order valence-electron chi connectivity index (χ3n) is 26.6. The van der Waals surface area contributed by atoms with Gasteiger partial charge in [-0.3, -0.25) is 0 Å². The van der Waals surface area contributed by atoms with Crippen molar-refractivity contribution in [3.8, 4) is 83.6 Å². The fraction of sp³-hybridized carbons (Fsp3) is 0.0286. The van der Waals surface area contributed by atoms with Gasteiger partial charge in [0.15, 0.2) is 0 Å². The number of fused-ring (bicyclic) bond motifs is 38. The molecule has 0 amide bonds. The molecule has 6 aliphatic carbocycles. The second-order valence-electron chi connectivity index (χ2n) is 31.1. The van der Waals surface area contributed by atoms with Crippen molar-refractivity contribution in [3.63, 3.8) is 0 Å². The van der Waals surface area contributed by atoms with Gasteiger partial charge in [0.05, 0.1) is 33.0 Å². The number of anilines is 6. The van der Waals surface area contributed by atoms with Gasteiger partial charge in [-0.15, -0.1) is 0 Å². The zero-order chi connectivity index (χ0) is 70.7. The lowest BCUT2D eigenvalue weighted by molar-refractivity contribution is 0.793. The van der Waals surface area contributed by atoms with Crippen molar-refractivity contribution in [3.05, 3.63) is 443 Å². The number of para-hydroxylation sites is 2. The van der Waals surface area contributed by atoms with Gasteiger partial charge in [0.1, 0.15) is 0 Å². The molecule has 1 aromatic heterocycles. The first-order chi connectivity index (χ1) is 54.1. The molecule has 0 atom stereocenters. The average Bonchev–Trinajstić information content (AvgIpc) is 1.55. The van der Waals surface area contributed by atoms with Crippen molar-refractivity contribution in [1.82, 2.24) is 4.57 Å². The van der Waals surface area contributed by atoms with Crippen LogP contribution in [0, 0.1) is 0 Å². The van der Waals surface area contributed by atoms with Crippen molar-refractivity contribution in [2.24, 2.45) is 0 Å². The van der Waals surface area contributed by atoms with Crippen LogP contribution in [0.3, 0.4) is 0 Å². The van der Waals surface area contributed by atoms with Crippen LogP contribution in [0.4, 0.5) is 34.1 Å². The Labute approximate surface area is 631 Å². The molecule has 0 saturated carbocycles. The lowest BCUT2D eigenvalue weighted by Gasteiger charge is -2.46. The van der Waals surface area contributed by atoms with Gasteiger partial charge >= 0.3 is 0 Å². The molecule has 17 aromatic carbocycles. The van der Waals surface area contributed by atoms with Gasteiger partial charge in [-0.1, -0.05) is 322 Å². The highest BCUT2D eigenvalue weighted by Crippen LogP contribution is 2.69. The summed E-state index contributed by atoms with van der Waals surface area (Å²) in [6.07, 6.45) is 0. The molecule has 3 spiro atoms. The Morgan fingerprint density at radius 3 is 1.02 bits per heavy atom. The minimum Gasteiger partial charge on any atom is -0.311 e. The van der Waals surface area contributed by atoms with Crippen LogP contribution in [0.25, 0.3) is 105 Å². The van der Waals surface area contributed by atoms with E-state index in [1.165, 1.54) is 177 Å². The van der Waals surface area contributed by atoms with Gasteiger partial charge in [-0.05, 0) is 210 Å². The van der Waals surface area contributed by atoms with E-state index in [4.69, 9.17) is 0 Å². The van der Waals surface area contributed by atoms with Gasteiger partial charge in [-0.2, -0.15) is 0 Å². The molecule has 0 unspecified atom stereocenters. The smallest absolute Gasteiger partial charge is 0.252 e. The average molecular weight is 1380 g/mol. The molecule has 18 aromatic rings. The SMILES string of the molecule is c1ccc(-c2ccc3c(c2)B2c4ccc5c(c4N(c4ccc6c(c4)C4(c7ccccc7-c7ccccc74)c4ccccc4-6)c4cc(-n6c7ccccc7c7ccccc76)cc(c42)N3c2ccc3c(c2)C2(c4ccccc4-c4ccccc42)c2ccccc2-3)-c2ccccc2C52c3ccccc3-c3ccccc32)cc1. The molecule has 26 rings (SSSR count). The molecule has 0 bridgehead atoms. The Bertz CT molecular complexity index is 6950. The summed E-state index contributed by atoms with van der Waals surface area (Å²) in [5, 5.41) is 2.44. The topological polar surface area (TPSA) is 11.4 Å². The van der Waals surface area contributed by atoms with E-state index in [2.05, 4.69) is 390 Å². The first-order valence-corrected chi connectivity index (χ1v) is 38.4. The second kappa shape index (κ2) is 20.8. The third-order valence-corrected chi connectivity index (χ3v) is 26.6. The Balaban J connectivity index is 0.830. The van der Waals surface area contributed by atoms with Crippen LogP contribution in [0.2, 0.25) is 0 Å². The first-order valence-electron chi connectivity index (χ1n) is 38.4. The minimum absolute atomic E-state index is 0.257. The minimum atomic E-state index is -0.621. The van der Waals surface area contributed by atoms with Crippen molar-refractivity contribution in [2.45, 2.75) is 16.2 Å². The maximum Gasteiger partial charge on any atom is 0.252 e. The number of hydrogen-bond acceptors (Lipinski definition) is 2. The largest absolute Gasteiger partial charge is 0.311 e. The normalized spacial score (nSPS) is 15.0. The number of aromatic nitrogens is 1. The molecule has 0 fully saturated rings. The predicted molar refractivity (Wildman–Crippen MR) is 449 cm³/mol. The molecule has 3 heterocycles. The Morgan fingerprint density at radius 2 is 0.569 bits per heavy atom. The maximum absolute atomic E-state index is 2.79. The molecular weight excluding hydrogens is 1310 g/mol. The van der Waals surface area contributed by atoms with E-state index < -0.39 is 16.2 Å². The molecule has 2 aliphatic heterocycles. The van der Waals surface area contributed by atoms with Crippen molar-refractivity contribution in [2.75, 3.05) is 9.80 Å². The molecule has 0 saturated heterocycles.